The number of benzene rings is 1. The van der Waals surface area contributed by atoms with Crippen molar-refractivity contribution in [3.05, 3.63) is 40.1 Å². The van der Waals surface area contributed by atoms with Gasteiger partial charge in [0.2, 0.25) is 5.75 Å². The van der Waals surface area contributed by atoms with E-state index in [-0.39, 0.29) is 17.1 Å². The van der Waals surface area contributed by atoms with Crippen LogP contribution in [0.5, 0.6) is 11.5 Å². The van der Waals surface area contributed by atoms with Crippen LogP contribution in [0.25, 0.3) is 11.4 Å². The summed E-state index contributed by atoms with van der Waals surface area (Å²) in [5, 5.41) is 9.51. The van der Waals surface area contributed by atoms with Crippen molar-refractivity contribution < 1.29 is 23.8 Å². The van der Waals surface area contributed by atoms with Gasteiger partial charge in [-0.1, -0.05) is 0 Å². The number of ether oxygens (including phenoxy) is 2. The number of nitrogens with zero attached hydrogens (tertiary/aromatic N) is 1. The maximum atomic E-state index is 13.7. The number of H-pyrrole nitrogens is 1. The first-order valence-electron chi connectivity index (χ1n) is 5.73. The van der Waals surface area contributed by atoms with Gasteiger partial charge in [0.15, 0.2) is 17.3 Å². The summed E-state index contributed by atoms with van der Waals surface area (Å²) in [6, 6.07) is 3.86. The van der Waals surface area contributed by atoms with E-state index in [9.17, 15) is 19.1 Å². The monoisotopic (exact) mass is 294 g/mol. The van der Waals surface area contributed by atoms with Crippen molar-refractivity contribution in [3.63, 3.8) is 0 Å². The highest BCUT2D eigenvalue weighted by atomic mass is 19.1. The van der Waals surface area contributed by atoms with Gasteiger partial charge in [-0.05, 0) is 18.2 Å². The second-order valence-electron chi connectivity index (χ2n) is 3.95. The van der Waals surface area contributed by atoms with Gasteiger partial charge in [0.05, 0.1) is 14.2 Å². The third-order valence-corrected chi connectivity index (χ3v) is 2.70. The number of aromatic amines is 1. The van der Waals surface area contributed by atoms with Crippen molar-refractivity contribution in [2.45, 2.75) is 0 Å². The van der Waals surface area contributed by atoms with Crippen LogP contribution in [0.15, 0.2) is 23.0 Å². The predicted octanol–water partition coefficient (Wildman–Crippen LogP) is 1.08. The van der Waals surface area contributed by atoms with Crippen molar-refractivity contribution in [1.82, 2.24) is 9.97 Å². The lowest BCUT2D eigenvalue weighted by Gasteiger charge is -2.07. The molecule has 0 saturated carbocycles. The van der Waals surface area contributed by atoms with Gasteiger partial charge in [-0.3, -0.25) is 4.79 Å². The number of methoxy groups -OCH3 is 2. The van der Waals surface area contributed by atoms with Gasteiger partial charge in [0, 0.05) is 5.56 Å². The summed E-state index contributed by atoms with van der Waals surface area (Å²) in [4.78, 5) is 29.1. The Balaban J connectivity index is 2.59. The van der Waals surface area contributed by atoms with Crippen molar-refractivity contribution in [2.75, 3.05) is 14.2 Å². The van der Waals surface area contributed by atoms with E-state index in [4.69, 9.17) is 4.74 Å². The van der Waals surface area contributed by atoms with Gasteiger partial charge in [-0.2, -0.15) is 0 Å². The van der Waals surface area contributed by atoms with Crippen LogP contribution in [0.4, 0.5) is 4.39 Å². The van der Waals surface area contributed by atoms with Gasteiger partial charge in [0.25, 0.3) is 5.56 Å². The molecule has 1 heterocycles. The summed E-state index contributed by atoms with van der Waals surface area (Å²) in [6.07, 6.45) is 0. The second-order valence-corrected chi connectivity index (χ2v) is 3.95. The van der Waals surface area contributed by atoms with Crippen LogP contribution in [0.2, 0.25) is 0 Å². The minimum atomic E-state index is -0.978. The fourth-order valence-electron chi connectivity index (χ4n) is 1.66. The van der Waals surface area contributed by atoms with Crippen LogP contribution >= 0.6 is 0 Å². The summed E-state index contributed by atoms with van der Waals surface area (Å²) >= 11 is 0. The molecule has 7 nitrogen and oxygen atoms in total. The molecule has 0 aliphatic rings. The highest BCUT2D eigenvalue weighted by Gasteiger charge is 2.19. The SMILES string of the molecule is COC(=O)c1nc(-c2ccc(OC)c(F)c2)[nH]c(=O)c1O. The smallest absolute Gasteiger partial charge is 0.360 e. The Kier molecular flexibility index (Phi) is 3.88. The summed E-state index contributed by atoms with van der Waals surface area (Å²) in [5.74, 6) is -2.56. The van der Waals surface area contributed by atoms with E-state index >= 15 is 0 Å². The Morgan fingerprint density at radius 3 is 2.67 bits per heavy atom. The summed E-state index contributed by atoms with van der Waals surface area (Å²) in [7, 11) is 2.39. The minimum absolute atomic E-state index is 0.0214. The first-order chi connectivity index (χ1) is 9.97. The van der Waals surface area contributed by atoms with E-state index in [1.54, 1.807) is 0 Å². The zero-order valence-electron chi connectivity index (χ0n) is 11.1. The minimum Gasteiger partial charge on any atom is -0.501 e. The summed E-state index contributed by atoms with van der Waals surface area (Å²) in [6.45, 7) is 0. The first-order valence-corrected chi connectivity index (χ1v) is 5.73. The number of esters is 1. The van der Waals surface area contributed by atoms with Crippen molar-refractivity contribution in [2.24, 2.45) is 0 Å². The lowest BCUT2D eigenvalue weighted by molar-refractivity contribution is 0.0590. The second kappa shape index (κ2) is 5.61. The molecule has 8 heteroatoms. The molecule has 0 saturated heterocycles. The predicted molar refractivity (Wildman–Crippen MR) is 69.8 cm³/mol. The van der Waals surface area contributed by atoms with Gasteiger partial charge in [0.1, 0.15) is 5.82 Å². The van der Waals surface area contributed by atoms with Gasteiger partial charge in [-0.15, -0.1) is 0 Å². The number of carbonyl (C=O) groups excluding carboxylic acids is 1. The van der Waals surface area contributed by atoms with E-state index in [1.807, 2.05) is 0 Å². The van der Waals surface area contributed by atoms with E-state index in [1.165, 1.54) is 19.2 Å². The average molecular weight is 294 g/mol. The standard InChI is InChI=1S/C13H11FN2O5/c1-20-8-4-3-6(5-7(8)14)11-15-9(13(19)21-2)10(17)12(18)16-11/h3-5,17H,1-2H3,(H,15,16,18). The van der Waals surface area contributed by atoms with E-state index < -0.39 is 28.8 Å². The molecule has 0 fully saturated rings. The Hall–Kier alpha value is -2.90. The topological polar surface area (TPSA) is 102 Å². The maximum Gasteiger partial charge on any atom is 0.360 e. The molecular formula is C13H11FN2O5. The Labute approximate surface area is 118 Å². The Bertz CT molecular complexity index is 757. The number of rotatable bonds is 3. The molecule has 0 amide bonds. The van der Waals surface area contributed by atoms with E-state index in [0.717, 1.165) is 13.2 Å². The van der Waals surface area contributed by atoms with Crippen LogP contribution in [-0.4, -0.2) is 35.3 Å². The third-order valence-electron chi connectivity index (χ3n) is 2.70. The average Bonchev–Trinajstić information content (AvgIpc) is 2.49. The number of aromatic nitrogens is 2. The highest BCUT2D eigenvalue weighted by molar-refractivity contribution is 5.90. The number of hydrogen-bond acceptors (Lipinski definition) is 6. The molecule has 0 aliphatic heterocycles. The van der Waals surface area contributed by atoms with Gasteiger partial charge in [-0.25, -0.2) is 14.2 Å². The molecule has 0 bridgehead atoms. The van der Waals surface area contributed by atoms with Crippen molar-refractivity contribution >= 4 is 5.97 Å². The van der Waals surface area contributed by atoms with Crippen LogP contribution in [-0.2, 0) is 4.74 Å². The third kappa shape index (κ3) is 2.69. The molecule has 2 N–H and O–H groups in total. The van der Waals surface area contributed by atoms with Crippen molar-refractivity contribution in [1.29, 1.82) is 0 Å². The normalized spacial score (nSPS) is 10.2. The molecule has 2 rings (SSSR count). The maximum absolute atomic E-state index is 13.7. The number of nitrogens with one attached hydrogen (secondary N) is 1. The quantitative estimate of drug-likeness (QED) is 0.821. The van der Waals surface area contributed by atoms with E-state index in [2.05, 4.69) is 14.7 Å². The molecule has 0 atom stereocenters. The number of carbonyl (C=O) groups is 1. The van der Waals surface area contributed by atoms with Gasteiger partial charge >= 0.3 is 5.97 Å². The van der Waals surface area contributed by atoms with Crippen LogP contribution < -0.4 is 10.3 Å². The number of halogens is 1. The van der Waals surface area contributed by atoms with Crippen LogP contribution in [0.1, 0.15) is 10.5 Å². The van der Waals surface area contributed by atoms with Crippen LogP contribution in [0.3, 0.4) is 0 Å². The lowest BCUT2D eigenvalue weighted by Crippen LogP contribution is -2.16. The van der Waals surface area contributed by atoms with Crippen molar-refractivity contribution in [3.8, 4) is 22.9 Å². The highest BCUT2D eigenvalue weighted by Crippen LogP contribution is 2.23. The zero-order chi connectivity index (χ0) is 15.6. The molecule has 0 radical (unpaired) electrons. The van der Waals surface area contributed by atoms with Gasteiger partial charge < -0.3 is 19.6 Å². The Morgan fingerprint density at radius 2 is 2.10 bits per heavy atom. The molecular weight excluding hydrogens is 283 g/mol. The number of aromatic hydroxyl groups is 1. The summed E-state index contributed by atoms with van der Waals surface area (Å²) in [5.41, 5.74) is -1.28. The fraction of sp³-hybridized carbons (Fsp3) is 0.154. The number of hydrogen-bond donors (Lipinski definition) is 2. The largest absolute Gasteiger partial charge is 0.501 e. The molecule has 21 heavy (non-hydrogen) atoms. The molecule has 0 unspecified atom stereocenters. The molecule has 1 aromatic carbocycles. The molecule has 0 spiro atoms. The molecule has 110 valence electrons. The van der Waals surface area contributed by atoms with Crippen LogP contribution in [0, 0.1) is 5.82 Å². The first kappa shape index (κ1) is 14.5. The molecule has 1 aromatic heterocycles. The zero-order valence-corrected chi connectivity index (χ0v) is 11.1. The Morgan fingerprint density at radius 1 is 1.38 bits per heavy atom. The molecule has 2 aromatic rings. The lowest BCUT2D eigenvalue weighted by atomic mass is 10.2. The fourth-order valence-corrected chi connectivity index (χ4v) is 1.66. The molecule has 0 aliphatic carbocycles. The van der Waals surface area contributed by atoms with E-state index in [0.29, 0.717) is 0 Å². The summed E-state index contributed by atoms with van der Waals surface area (Å²) < 4.78 is 22.8.